The Morgan fingerprint density at radius 1 is 1.08 bits per heavy atom. The quantitative estimate of drug-likeness (QED) is 0.889. The van der Waals surface area contributed by atoms with Crippen molar-refractivity contribution in [1.29, 1.82) is 0 Å². The van der Waals surface area contributed by atoms with E-state index in [1.165, 1.54) is 29.9 Å². The van der Waals surface area contributed by atoms with Crippen LogP contribution in [0.3, 0.4) is 0 Å². The van der Waals surface area contributed by atoms with Gasteiger partial charge in [-0.25, -0.2) is 19.7 Å². The highest BCUT2D eigenvalue weighted by Crippen LogP contribution is 2.33. The van der Waals surface area contributed by atoms with Gasteiger partial charge in [-0.2, -0.15) is 0 Å². The Morgan fingerprint density at radius 3 is 2.35 bits per heavy atom. The normalized spacial score (nSPS) is 17.9. The lowest BCUT2D eigenvalue weighted by Gasteiger charge is -2.37. The molecule has 2 aromatic rings. The second-order valence-corrected chi connectivity index (χ2v) is 6.60. The highest BCUT2D eigenvalue weighted by Gasteiger charge is 2.40. The Labute approximate surface area is 149 Å². The maximum absolute atomic E-state index is 13.0. The summed E-state index contributed by atoms with van der Waals surface area (Å²) in [6.07, 6.45) is 8.18. The summed E-state index contributed by atoms with van der Waals surface area (Å²) in [6.45, 7) is 0.902. The number of hydrogen-bond acceptors (Lipinski definition) is 6. The average molecular weight is 357 g/mol. The molecule has 0 unspecified atom stereocenters. The molecule has 26 heavy (non-hydrogen) atoms. The van der Waals surface area contributed by atoms with E-state index in [0.717, 1.165) is 12.8 Å². The standard InChI is InChI=1S/C17H19N5O4/c23-16(14-8-19-13(7-20-14)15-9-18-10-26-15)22(11-1-2-11)12-3-5-21(6-4-12)17(24)25/h7-12H,1-6H2,(H,24,25). The molecule has 4 rings (SSSR count). The third-order valence-corrected chi connectivity index (χ3v) is 4.86. The molecule has 0 bridgehead atoms. The average Bonchev–Trinajstić information content (AvgIpc) is 3.34. The van der Waals surface area contributed by atoms with Gasteiger partial charge in [0.2, 0.25) is 0 Å². The maximum Gasteiger partial charge on any atom is 0.407 e. The van der Waals surface area contributed by atoms with Crippen molar-refractivity contribution in [2.75, 3.05) is 13.1 Å². The van der Waals surface area contributed by atoms with E-state index in [1.54, 1.807) is 0 Å². The van der Waals surface area contributed by atoms with Crippen LogP contribution in [0, 0.1) is 0 Å². The Morgan fingerprint density at radius 2 is 1.81 bits per heavy atom. The lowest BCUT2D eigenvalue weighted by molar-refractivity contribution is 0.0545. The molecule has 2 aliphatic rings. The van der Waals surface area contributed by atoms with E-state index in [-0.39, 0.29) is 18.0 Å². The summed E-state index contributed by atoms with van der Waals surface area (Å²) in [5.74, 6) is 0.356. The predicted octanol–water partition coefficient (Wildman–Crippen LogP) is 1.88. The number of oxazole rings is 1. The number of nitrogens with zero attached hydrogens (tertiary/aromatic N) is 5. The van der Waals surface area contributed by atoms with E-state index in [1.807, 2.05) is 4.90 Å². The molecule has 1 N–H and O–H groups in total. The molecule has 136 valence electrons. The highest BCUT2D eigenvalue weighted by atomic mass is 16.4. The fourth-order valence-corrected chi connectivity index (χ4v) is 3.36. The van der Waals surface area contributed by atoms with Crippen molar-refractivity contribution in [2.24, 2.45) is 0 Å². The third-order valence-electron chi connectivity index (χ3n) is 4.86. The maximum atomic E-state index is 13.0. The first-order chi connectivity index (χ1) is 12.6. The fourth-order valence-electron chi connectivity index (χ4n) is 3.36. The number of aromatic nitrogens is 3. The first kappa shape index (κ1) is 16.5. The van der Waals surface area contributed by atoms with Gasteiger partial charge >= 0.3 is 6.09 Å². The fraction of sp³-hybridized carbons (Fsp3) is 0.471. The van der Waals surface area contributed by atoms with Gasteiger partial charge in [0.15, 0.2) is 12.2 Å². The summed E-state index contributed by atoms with van der Waals surface area (Å²) in [5, 5.41) is 9.09. The molecule has 1 saturated carbocycles. The molecule has 0 radical (unpaired) electrons. The van der Waals surface area contributed by atoms with Crippen LogP contribution in [0.25, 0.3) is 11.5 Å². The Hall–Kier alpha value is -2.97. The zero-order valence-electron chi connectivity index (χ0n) is 14.1. The van der Waals surface area contributed by atoms with Crippen LogP contribution in [0.5, 0.6) is 0 Å². The molecule has 9 heteroatoms. The van der Waals surface area contributed by atoms with E-state index < -0.39 is 6.09 Å². The summed E-state index contributed by atoms with van der Waals surface area (Å²) < 4.78 is 5.18. The second kappa shape index (κ2) is 6.74. The topological polar surface area (TPSA) is 113 Å². The second-order valence-electron chi connectivity index (χ2n) is 6.60. The van der Waals surface area contributed by atoms with Crippen LogP contribution in [0.2, 0.25) is 0 Å². The van der Waals surface area contributed by atoms with Gasteiger partial charge in [-0.1, -0.05) is 0 Å². The van der Waals surface area contributed by atoms with Crippen LogP contribution < -0.4 is 0 Å². The summed E-state index contributed by atoms with van der Waals surface area (Å²) in [5.41, 5.74) is 0.813. The number of rotatable bonds is 4. The zero-order valence-corrected chi connectivity index (χ0v) is 14.1. The van der Waals surface area contributed by atoms with Gasteiger partial charge in [0.1, 0.15) is 11.4 Å². The molecule has 2 aromatic heterocycles. The van der Waals surface area contributed by atoms with Gasteiger partial charge in [0, 0.05) is 25.2 Å². The number of carboxylic acid groups (broad SMARTS) is 1. The molecule has 1 saturated heterocycles. The minimum Gasteiger partial charge on any atom is -0.465 e. The molecule has 0 aromatic carbocycles. The third kappa shape index (κ3) is 3.24. The zero-order chi connectivity index (χ0) is 18.1. The molecule has 9 nitrogen and oxygen atoms in total. The largest absolute Gasteiger partial charge is 0.465 e. The molecule has 1 aliphatic heterocycles. The molecular formula is C17H19N5O4. The van der Waals surface area contributed by atoms with Gasteiger partial charge in [0.25, 0.3) is 5.91 Å². The monoisotopic (exact) mass is 357 g/mol. The number of likely N-dealkylation sites (tertiary alicyclic amines) is 1. The number of amides is 2. The summed E-state index contributed by atoms with van der Waals surface area (Å²) in [7, 11) is 0. The summed E-state index contributed by atoms with van der Waals surface area (Å²) >= 11 is 0. The SMILES string of the molecule is O=C(O)N1CCC(N(C(=O)c2cnc(-c3cnco3)cn2)C2CC2)CC1. The van der Waals surface area contributed by atoms with Gasteiger partial charge in [0.05, 0.1) is 18.6 Å². The minimum atomic E-state index is -0.901. The smallest absolute Gasteiger partial charge is 0.407 e. The van der Waals surface area contributed by atoms with Crippen molar-refractivity contribution in [3.8, 4) is 11.5 Å². The molecule has 3 heterocycles. The lowest BCUT2D eigenvalue weighted by atomic mass is 10.0. The van der Waals surface area contributed by atoms with Crippen LogP contribution in [0.1, 0.15) is 36.2 Å². The van der Waals surface area contributed by atoms with E-state index >= 15 is 0 Å². The van der Waals surface area contributed by atoms with Crippen LogP contribution in [0.4, 0.5) is 4.79 Å². The Bertz CT molecular complexity index is 780. The first-order valence-corrected chi connectivity index (χ1v) is 8.65. The predicted molar refractivity (Wildman–Crippen MR) is 89.3 cm³/mol. The van der Waals surface area contributed by atoms with Crippen molar-refractivity contribution in [3.63, 3.8) is 0 Å². The van der Waals surface area contributed by atoms with Crippen LogP contribution in [0.15, 0.2) is 29.4 Å². The number of carbonyl (C=O) groups is 2. The van der Waals surface area contributed by atoms with Crippen molar-refractivity contribution < 1.29 is 19.1 Å². The minimum absolute atomic E-state index is 0.0429. The van der Waals surface area contributed by atoms with E-state index in [4.69, 9.17) is 9.52 Å². The van der Waals surface area contributed by atoms with Gasteiger partial charge < -0.3 is 19.3 Å². The van der Waals surface area contributed by atoms with Crippen LogP contribution in [-0.4, -0.2) is 67.0 Å². The van der Waals surface area contributed by atoms with E-state index in [2.05, 4.69) is 15.0 Å². The Balaban J connectivity index is 1.48. The molecule has 1 aliphatic carbocycles. The Kier molecular flexibility index (Phi) is 4.27. The van der Waals surface area contributed by atoms with Crippen LogP contribution in [-0.2, 0) is 0 Å². The molecule has 2 amide bonds. The van der Waals surface area contributed by atoms with Crippen molar-refractivity contribution in [3.05, 3.63) is 30.7 Å². The number of piperidine rings is 1. The number of carbonyl (C=O) groups excluding carboxylic acids is 1. The van der Waals surface area contributed by atoms with Gasteiger partial charge in [-0.05, 0) is 25.7 Å². The van der Waals surface area contributed by atoms with Crippen molar-refractivity contribution in [2.45, 2.75) is 37.8 Å². The van der Waals surface area contributed by atoms with Crippen molar-refractivity contribution in [1.82, 2.24) is 24.8 Å². The van der Waals surface area contributed by atoms with Gasteiger partial charge in [-0.15, -0.1) is 0 Å². The molecule has 2 fully saturated rings. The number of hydrogen-bond donors (Lipinski definition) is 1. The summed E-state index contributed by atoms with van der Waals surface area (Å²) in [4.78, 5) is 39.7. The molecule has 0 spiro atoms. The molecular weight excluding hydrogens is 338 g/mol. The molecule has 0 atom stereocenters. The van der Waals surface area contributed by atoms with Crippen LogP contribution >= 0.6 is 0 Å². The van der Waals surface area contributed by atoms with Crippen molar-refractivity contribution >= 4 is 12.0 Å². The summed E-state index contributed by atoms with van der Waals surface area (Å²) in [6, 6.07) is 0.265. The van der Waals surface area contributed by atoms with E-state index in [9.17, 15) is 9.59 Å². The first-order valence-electron chi connectivity index (χ1n) is 8.65. The van der Waals surface area contributed by atoms with E-state index in [0.29, 0.717) is 43.1 Å². The lowest BCUT2D eigenvalue weighted by Crippen LogP contribution is -2.49. The van der Waals surface area contributed by atoms with Gasteiger partial charge in [-0.3, -0.25) is 4.79 Å². The highest BCUT2D eigenvalue weighted by molar-refractivity contribution is 5.92.